The molecule has 1 amide bonds. The number of carbonyl (C=O) groups excluding carboxylic acids is 2. The fourth-order valence-electron chi connectivity index (χ4n) is 3.45. The summed E-state index contributed by atoms with van der Waals surface area (Å²) in [7, 11) is 0. The molecule has 0 bridgehead atoms. The number of halogens is 1. The summed E-state index contributed by atoms with van der Waals surface area (Å²) >= 11 is 3.38. The van der Waals surface area contributed by atoms with Crippen molar-refractivity contribution in [3.05, 3.63) is 51.4 Å². The van der Waals surface area contributed by atoms with Crippen molar-refractivity contribution in [1.82, 2.24) is 0 Å². The van der Waals surface area contributed by atoms with Crippen molar-refractivity contribution >= 4 is 33.3 Å². The van der Waals surface area contributed by atoms with E-state index in [-0.39, 0.29) is 12.2 Å². The summed E-state index contributed by atoms with van der Waals surface area (Å²) in [6, 6.07) is 5.34. The minimum Gasteiger partial charge on any atom is -0.469 e. The van der Waals surface area contributed by atoms with E-state index >= 15 is 0 Å². The summed E-state index contributed by atoms with van der Waals surface area (Å²) < 4.78 is 6.03. The number of aryl methyl sites for hydroxylation is 2. The summed E-state index contributed by atoms with van der Waals surface area (Å²) in [5.74, 6) is -0.255. The van der Waals surface area contributed by atoms with E-state index in [1.165, 1.54) is 6.26 Å². The number of rotatable bonds is 5. The van der Waals surface area contributed by atoms with E-state index in [0.29, 0.717) is 34.7 Å². The second kappa shape index (κ2) is 6.42. The predicted octanol–water partition coefficient (Wildman–Crippen LogP) is 3.88. The van der Waals surface area contributed by atoms with Gasteiger partial charge in [0, 0.05) is 16.6 Å². The molecular weight excluding hydrogens is 386 g/mol. The molecule has 25 heavy (non-hydrogen) atoms. The minimum atomic E-state index is -1.86. The zero-order chi connectivity index (χ0) is 18.4. The standard InChI is InChI=1S/C19H20BrNO4/c1-4-7-21-15-6-5-13(20)8-14(15)19(24,18(21)23)9-16(22)17-11(2)10-25-12(17)3/h5-6,8,10,24H,4,7,9H2,1-3H3/t19-/m0/s1. The lowest BCUT2D eigenvalue weighted by molar-refractivity contribution is -0.135. The molecule has 0 radical (unpaired) electrons. The average Bonchev–Trinajstić information content (AvgIpc) is 2.99. The lowest BCUT2D eigenvalue weighted by atomic mass is 9.87. The topological polar surface area (TPSA) is 70.8 Å². The molecule has 0 fully saturated rings. The van der Waals surface area contributed by atoms with Crippen LogP contribution in [0, 0.1) is 13.8 Å². The molecule has 0 spiro atoms. The van der Waals surface area contributed by atoms with Gasteiger partial charge in [0.25, 0.3) is 5.91 Å². The Balaban J connectivity index is 2.04. The highest BCUT2D eigenvalue weighted by atomic mass is 79.9. The Labute approximate surface area is 154 Å². The maximum absolute atomic E-state index is 12.9. The first-order valence-electron chi connectivity index (χ1n) is 8.22. The SMILES string of the molecule is CCCN1C(=O)[C@](O)(CC(=O)c2c(C)coc2C)c2cc(Br)ccc21. The molecule has 6 heteroatoms. The molecule has 0 saturated carbocycles. The van der Waals surface area contributed by atoms with Gasteiger partial charge in [0.05, 0.1) is 23.9 Å². The number of aliphatic hydroxyl groups is 1. The number of hydrogen-bond acceptors (Lipinski definition) is 4. The van der Waals surface area contributed by atoms with Crippen LogP contribution in [0.3, 0.4) is 0 Å². The lowest BCUT2D eigenvalue weighted by Crippen LogP contribution is -2.42. The molecule has 0 unspecified atom stereocenters. The average molecular weight is 406 g/mol. The quantitative estimate of drug-likeness (QED) is 0.766. The summed E-state index contributed by atoms with van der Waals surface area (Å²) in [6.45, 7) is 5.94. The van der Waals surface area contributed by atoms with Crippen LogP contribution in [-0.2, 0) is 10.4 Å². The van der Waals surface area contributed by atoms with Crippen molar-refractivity contribution in [1.29, 1.82) is 0 Å². The number of amides is 1. The Bertz CT molecular complexity index is 838. The molecular formula is C19H20BrNO4. The van der Waals surface area contributed by atoms with Gasteiger partial charge in [-0.25, -0.2) is 0 Å². The van der Waals surface area contributed by atoms with Crippen LogP contribution in [0.2, 0.25) is 0 Å². The van der Waals surface area contributed by atoms with Crippen molar-refractivity contribution in [3.8, 4) is 0 Å². The molecule has 1 N–H and O–H groups in total. The zero-order valence-electron chi connectivity index (χ0n) is 14.4. The fraction of sp³-hybridized carbons (Fsp3) is 0.368. The Hall–Kier alpha value is -1.92. The molecule has 0 aliphatic carbocycles. The van der Waals surface area contributed by atoms with Gasteiger partial charge in [0.15, 0.2) is 11.4 Å². The number of hydrogen-bond donors (Lipinski definition) is 1. The third-order valence-electron chi connectivity index (χ3n) is 4.60. The first-order valence-corrected chi connectivity index (χ1v) is 9.01. The molecule has 1 aromatic carbocycles. The van der Waals surface area contributed by atoms with E-state index in [4.69, 9.17) is 4.42 Å². The van der Waals surface area contributed by atoms with Crippen LogP contribution < -0.4 is 4.90 Å². The summed E-state index contributed by atoms with van der Waals surface area (Å²) in [5.41, 5.74) is 0.406. The highest BCUT2D eigenvalue weighted by Gasteiger charge is 2.51. The molecule has 2 heterocycles. The third-order valence-corrected chi connectivity index (χ3v) is 5.09. The number of nitrogens with zero attached hydrogens (tertiary/aromatic N) is 1. The monoisotopic (exact) mass is 405 g/mol. The van der Waals surface area contributed by atoms with Gasteiger partial charge in [0.1, 0.15) is 5.76 Å². The number of furan rings is 1. The Kier molecular flexibility index (Phi) is 4.60. The van der Waals surface area contributed by atoms with E-state index in [2.05, 4.69) is 15.9 Å². The van der Waals surface area contributed by atoms with Gasteiger partial charge in [0.2, 0.25) is 0 Å². The highest BCUT2D eigenvalue weighted by molar-refractivity contribution is 9.10. The second-order valence-electron chi connectivity index (χ2n) is 6.43. The van der Waals surface area contributed by atoms with Crippen LogP contribution in [0.1, 0.15) is 47.0 Å². The minimum absolute atomic E-state index is 0.302. The van der Waals surface area contributed by atoms with Crippen LogP contribution in [0.5, 0.6) is 0 Å². The molecule has 1 aliphatic heterocycles. The van der Waals surface area contributed by atoms with Gasteiger partial charge < -0.3 is 14.4 Å². The van der Waals surface area contributed by atoms with Gasteiger partial charge >= 0.3 is 0 Å². The van der Waals surface area contributed by atoms with Crippen LogP contribution >= 0.6 is 15.9 Å². The van der Waals surface area contributed by atoms with Crippen molar-refractivity contribution < 1.29 is 19.1 Å². The molecule has 1 aliphatic rings. The van der Waals surface area contributed by atoms with E-state index in [1.54, 1.807) is 30.9 Å². The first-order chi connectivity index (χ1) is 11.8. The van der Waals surface area contributed by atoms with Crippen molar-refractivity contribution in [3.63, 3.8) is 0 Å². The van der Waals surface area contributed by atoms with E-state index < -0.39 is 11.5 Å². The smallest absolute Gasteiger partial charge is 0.264 e. The first kappa shape index (κ1) is 17.9. The summed E-state index contributed by atoms with van der Waals surface area (Å²) in [4.78, 5) is 27.3. The number of ketones is 1. The van der Waals surface area contributed by atoms with Crippen molar-refractivity contribution in [2.75, 3.05) is 11.4 Å². The number of benzene rings is 1. The number of fused-ring (bicyclic) bond motifs is 1. The summed E-state index contributed by atoms with van der Waals surface area (Å²) in [5, 5.41) is 11.2. The normalized spacial score (nSPS) is 19.4. The van der Waals surface area contributed by atoms with E-state index in [0.717, 1.165) is 10.9 Å². The zero-order valence-corrected chi connectivity index (χ0v) is 16.0. The summed E-state index contributed by atoms with van der Waals surface area (Å²) in [6.07, 6.45) is 1.96. The van der Waals surface area contributed by atoms with Crippen LogP contribution in [0.25, 0.3) is 0 Å². The highest BCUT2D eigenvalue weighted by Crippen LogP contribution is 2.44. The maximum Gasteiger partial charge on any atom is 0.264 e. The van der Waals surface area contributed by atoms with Gasteiger partial charge in [-0.2, -0.15) is 0 Å². The number of anilines is 1. The molecule has 132 valence electrons. The van der Waals surface area contributed by atoms with Gasteiger partial charge in [-0.1, -0.05) is 22.9 Å². The number of carbonyl (C=O) groups is 2. The molecule has 2 aromatic rings. The van der Waals surface area contributed by atoms with Crippen molar-refractivity contribution in [2.24, 2.45) is 0 Å². The molecule has 5 nitrogen and oxygen atoms in total. The predicted molar refractivity (Wildman–Crippen MR) is 97.8 cm³/mol. The third kappa shape index (κ3) is 2.83. The van der Waals surface area contributed by atoms with E-state index in [1.807, 2.05) is 13.0 Å². The van der Waals surface area contributed by atoms with Crippen LogP contribution in [0.15, 0.2) is 33.4 Å². The van der Waals surface area contributed by atoms with Gasteiger partial charge in [-0.05, 0) is 44.0 Å². The fourth-order valence-corrected chi connectivity index (χ4v) is 3.81. The Morgan fingerprint density at radius 2 is 2.08 bits per heavy atom. The van der Waals surface area contributed by atoms with Crippen molar-refractivity contribution in [2.45, 2.75) is 39.2 Å². The van der Waals surface area contributed by atoms with E-state index in [9.17, 15) is 14.7 Å². The Morgan fingerprint density at radius 3 is 2.68 bits per heavy atom. The maximum atomic E-state index is 12.9. The van der Waals surface area contributed by atoms with Crippen LogP contribution in [0.4, 0.5) is 5.69 Å². The molecule has 1 atom stereocenters. The van der Waals surface area contributed by atoms with Gasteiger partial charge in [-0.15, -0.1) is 0 Å². The Morgan fingerprint density at radius 1 is 1.36 bits per heavy atom. The van der Waals surface area contributed by atoms with Gasteiger partial charge in [-0.3, -0.25) is 9.59 Å². The largest absolute Gasteiger partial charge is 0.469 e. The molecule has 0 saturated heterocycles. The number of Topliss-reactive ketones (excluding diaryl/α,β-unsaturated/α-hetero) is 1. The second-order valence-corrected chi connectivity index (χ2v) is 7.34. The van der Waals surface area contributed by atoms with Crippen LogP contribution in [-0.4, -0.2) is 23.3 Å². The molecule has 3 rings (SSSR count). The lowest BCUT2D eigenvalue weighted by Gasteiger charge is -2.22. The molecule has 1 aromatic heterocycles.